The molecule has 0 saturated heterocycles. The first-order chi connectivity index (χ1) is 8.77. The molecular formula is C16H32OS. The van der Waals surface area contributed by atoms with E-state index in [1.807, 2.05) is 79.0 Å². The first kappa shape index (κ1) is 22.7. The van der Waals surface area contributed by atoms with Crippen molar-refractivity contribution in [3.05, 3.63) is 29.8 Å². The summed E-state index contributed by atoms with van der Waals surface area (Å²) in [6, 6.07) is 8.05. The Morgan fingerprint density at radius 2 is 1.33 bits per heavy atom. The molecular weight excluding hydrogens is 240 g/mol. The Morgan fingerprint density at radius 3 is 1.61 bits per heavy atom. The molecule has 0 aliphatic rings. The maximum absolute atomic E-state index is 9.49. The van der Waals surface area contributed by atoms with Gasteiger partial charge in [0.15, 0.2) is 0 Å². The maximum atomic E-state index is 9.49. The van der Waals surface area contributed by atoms with E-state index in [2.05, 4.69) is 0 Å². The summed E-state index contributed by atoms with van der Waals surface area (Å²) in [5.41, 5.74) is 1.01. The molecule has 0 bridgehead atoms. The molecule has 1 aromatic rings. The molecule has 0 aliphatic carbocycles. The average Bonchev–Trinajstić information content (AvgIpc) is 2.52. The second-order valence-electron chi connectivity index (χ2n) is 2.70. The van der Waals surface area contributed by atoms with Crippen LogP contribution in [0.15, 0.2) is 29.2 Å². The fraction of sp³-hybridized carbons (Fsp3) is 0.625. The van der Waals surface area contributed by atoms with Crippen molar-refractivity contribution in [2.45, 2.75) is 65.9 Å². The SMILES string of the molecule is CC.CC.CC.CCC(O)c1ccc(SC)cc1. The predicted molar refractivity (Wildman–Crippen MR) is 87.5 cm³/mol. The van der Waals surface area contributed by atoms with Gasteiger partial charge in [-0.1, -0.05) is 60.6 Å². The summed E-state index contributed by atoms with van der Waals surface area (Å²) in [6.45, 7) is 14.0. The highest BCUT2D eigenvalue weighted by Gasteiger charge is 2.02. The summed E-state index contributed by atoms with van der Waals surface area (Å²) < 4.78 is 0. The highest BCUT2D eigenvalue weighted by Crippen LogP contribution is 2.20. The highest BCUT2D eigenvalue weighted by atomic mass is 32.2. The van der Waals surface area contributed by atoms with Gasteiger partial charge in [-0.3, -0.25) is 0 Å². The van der Waals surface area contributed by atoms with Crippen molar-refractivity contribution in [3.8, 4) is 0 Å². The molecule has 1 aromatic carbocycles. The van der Waals surface area contributed by atoms with Crippen LogP contribution in [0.3, 0.4) is 0 Å². The van der Waals surface area contributed by atoms with E-state index in [1.54, 1.807) is 11.8 Å². The van der Waals surface area contributed by atoms with Gasteiger partial charge in [-0.25, -0.2) is 0 Å². The average molecular weight is 272 g/mol. The van der Waals surface area contributed by atoms with Gasteiger partial charge < -0.3 is 5.11 Å². The molecule has 1 N–H and O–H groups in total. The number of aliphatic hydroxyl groups is 1. The van der Waals surface area contributed by atoms with Crippen molar-refractivity contribution in [2.24, 2.45) is 0 Å². The van der Waals surface area contributed by atoms with Crippen molar-refractivity contribution in [3.63, 3.8) is 0 Å². The Kier molecular flexibility index (Phi) is 23.8. The number of hydrogen-bond donors (Lipinski definition) is 1. The van der Waals surface area contributed by atoms with E-state index in [9.17, 15) is 5.11 Å². The molecule has 1 rings (SSSR count). The molecule has 0 heterocycles. The van der Waals surface area contributed by atoms with Crippen LogP contribution < -0.4 is 0 Å². The lowest BCUT2D eigenvalue weighted by molar-refractivity contribution is 0.173. The predicted octanol–water partition coefficient (Wildman–Crippen LogP) is 5.93. The van der Waals surface area contributed by atoms with E-state index in [4.69, 9.17) is 0 Å². The first-order valence-electron chi connectivity index (χ1n) is 7.10. The molecule has 1 nitrogen and oxygen atoms in total. The van der Waals surface area contributed by atoms with Crippen LogP contribution in [0, 0.1) is 0 Å². The highest BCUT2D eigenvalue weighted by molar-refractivity contribution is 7.98. The zero-order chi connectivity index (χ0) is 15.0. The Labute approximate surface area is 119 Å². The van der Waals surface area contributed by atoms with Gasteiger partial charge >= 0.3 is 0 Å². The first-order valence-corrected chi connectivity index (χ1v) is 8.32. The van der Waals surface area contributed by atoms with E-state index < -0.39 is 0 Å². The molecule has 0 amide bonds. The van der Waals surface area contributed by atoms with Crippen LogP contribution >= 0.6 is 11.8 Å². The van der Waals surface area contributed by atoms with Gasteiger partial charge in [0.2, 0.25) is 0 Å². The molecule has 1 unspecified atom stereocenters. The molecule has 0 fully saturated rings. The van der Waals surface area contributed by atoms with Crippen LogP contribution in [0.25, 0.3) is 0 Å². The lowest BCUT2D eigenvalue weighted by Gasteiger charge is -2.07. The number of rotatable bonds is 3. The lowest BCUT2D eigenvalue weighted by Crippen LogP contribution is -1.93. The van der Waals surface area contributed by atoms with E-state index in [1.165, 1.54) is 4.90 Å². The minimum absolute atomic E-state index is 0.305. The quantitative estimate of drug-likeness (QED) is 0.688. The van der Waals surface area contributed by atoms with Crippen molar-refractivity contribution in [2.75, 3.05) is 6.26 Å². The number of thioether (sulfide) groups is 1. The third kappa shape index (κ3) is 10.7. The molecule has 0 aromatic heterocycles. The molecule has 1 atom stereocenters. The van der Waals surface area contributed by atoms with E-state index in [0.717, 1.165) is 12.0 Å². The van der Waals surface area contributed by atoms with Crippen LogP contribution in [0.1, 0.15) is 66.6 Å². The third-order valence-corrected chi connectivity index (χ3v) is 2.63. The molecule has 0 spiro atoms. The second-order valence-corrected chi connectivity index (χ2v) is 3.58. The lowest BCUT2D eigenvalue weighted by atomic mass is 10.1. The van der Waals surface area contributed by atoms with Crippen molar-refractivity contribution in [1.29, 1.82) is 0 Å². The number of hydrogen-bond acceptors (Lipinski definition) is 2. The van der Waals surface area contributed by atoms with E-state index in [0.29, 0.717) is 0 Å². The molecule has 0 aliphatic heterocycles. The normalized spacial score (nSPS) is 9.61. The zero-order valence-corrected chi connectivity index (χ0v) is 14.3. The van der Waals surface area contributed by atoms with Gasteiger partial charge in [-0.2, -0.15) is 0 Å². The Hall–Kier alpha value is -0.470. The van der Waals surface area contributed by atoms with Crippen molar-refractivity contribution < 1.29 is 5.11 Å². The fourth-order valence-electron chi connectivity index (χ4n) is 1.06. The van der Waals surface area contributed by atoms with Gasteiger partial charge in [0, 0.05) is 4.90 Å². The van der Waals surface area contributed by atoms with Gasteiger partial charge in [0.1, 0.15) is 0 Å². The Balaban J connectivity index is -0.000000328. The monoisotopic (exact) mass is 272 g/mol. The standard InChI is InChI=1S/C10H14OS.3C2H6/c1-3-10(11)8-4-6-9(12-2)7-5-8;3*1-2/h4-7,10-11H,3H2,1-2H3;3*1-2H3. The Bertz CT molecular complexity index is 231. The summed E-state index contributed by atoms with van der Waals surface area (Å²) in [5.74, 6) is 0. The minimum Gasteiger partial charge on any atom is -0.388 e. The topological polar surface area (TPSA) is 20.2 Å². The summed E-state index contributed by atoms with van der Waals surface area (Å²) in [4.78, 5) is 1.24. The number of benzene rings is 1. The number of aliphatic hydroxyl groups excluding tert-OH is 1. The maximum Gasteiger partial charge on any atom is 0.0787 e. The smallest absolute Gasteiger partial charge is 0.0787 e. The second kappa shape index (κ2) is 18.9. The molecule has 0 radical (unpaired) electrons. The van der Waals surface area contributed by atoms with Crippen LogP contribution in [0.4, 0.5) is 0 Å². The summed E-state index contributed by atoms with van der Waals surface area (Å²) >= 11 is 1.72. The van der Waals surface area contributed by atoms with E-state index in [-0.39, 0.29) is 6.10 Å². The van der Waals surface area contributed by atoms with Gasteiger partial charge in [0.05, 0.1) is 6.10 Å². The van der Waals surface area contributed by atoms with Crippen LogP contribution in [0.2, 0.25) is 0 Å². The molecule has 0 saturated carbocycles. The van der Waals surface area contributed by atoms with E-state index >= 15 is 0 Å². The van der Waals surface area contributed by atoms with Crippen molar-refractivity contribution in [1.82, 2.24) is 0 Å². The largest absolute Gasteiger partial charge is 0.388 e. The third-order valence-electron chi connectivity index (χ3n) is 1.89. The fourth-order valence-corrected chi connectivity index (χ4v) is 1.47. The van der Waals surface area contributed by atoms with Gasteiger partial charge in [-0.15, -0.1) is 11.8 Å². The van der Waals surface area contributed by atoms with Crippen LogP contribution in [-0.2, 0) is 0 Å². The van der Waals surface area contributed by atoms with Gasteiger partial charge in [-0.05, 0) is 30.4 Å². The molecule has 2 heteroatoms. The van der Waals surface area contributed by atoms with Crippen LogP contribution in [0.5, 0.6) is 0 Å². The molecule has 18 heavy (non-hydrogen) atoms. The zero-order valence-electron chi connectivity index (χ0n) is 13.4. The Morgan fingerprint density at radius 1 is 0.944 bits per heavy atom. The summed E-state index contributed by atoms with van der Waals surface area (Å²) in [7, 11) is 0. The minimum atomic E-state index is -0.305. The summed E-state index contributed by atoms with van der Waals surface area (Å²) in [6.07, 6.45) is 2.52. The summed E-state index contributed by atoms with van der Waals surface area (Å²) in [5, 5.41) is 9.49. The van der Waals surface area contributed by atoms with Crippen molar-refractivity contribution >= 4 is 11.8 Å². The van der Waals surface area contributed by atoms with Crippen LogP contribution in [-0.4, -0.2) is 11.4 Å². The van der Waals surface area contributed by atoms with Gasteiger partial charge in [0.25, 0.3) is 0 Å². The molecule has 108 valence electrons.